The van der Waals surface area contributed by atoms with E-state index in [4.69, 9.17) is 8.83 Å². The van der Waals surface area contributed by atoms with Gasteiger partial charge in [-0.25, -0.2) is 9.97 Å². The maximum atomic E-state index is 4.72. The van der Waals surface area contributed by atoms with Crippen LogP contribution in [0.15, 0.2) is 94.5 Å². The van der Waals surface area contributed by atoms with Gasteiger partial charge >= 0.3 is 0 Å². The average Bonchev–Trinajstić information content (AvgIpc) is 3.43. The topological polar surface area (TPSA) is 52.1 Å². The van der Waals surface area contributed by atoms with E-state index in [1.54, 1.807) is 25.6 Å². The van der Waals surface area contributed by atoms with Crippen LogP contribution in [0.2, 0.25) is 0 Å². The molecular formula is C28H38N2O2. The number of rotatable bonds is 0. The molecular weight excluding hydrogens is 396 g/mol. The summed E-state index contributed by atoms with van der Waals surface area (Å²) in [6.07, 6.45) is 6.25. The van der Waals surface area contributed by atoms with Crippen molar-refractivity contribution in [3.05, 3.63) is 108 Å². The maximum absolute atomic E-state index is 4.72. The van der Waals surface area contributed by atoms with E-state index in [0.29, 0.717) is 10.8 Å². The minimum Gasteiger partial charge on any atom is -0.449 e. The molecule has 0 atom stereocenters. The molecule has 0 aliphatic carbocycles. The van der Waals surface area contributed by atoms with E-state index >= 15 is 0 Å². The van der Waals surface area contributed by atoms with Gasteiger partial charge in [-0.05, 0) is 28.9 Å². The molecule has 0 amide bonds. The molecule has 0 unspecified atom stereocenters. The van der Waals surface area contributed by atoms with E-state index in [9.17, 15) is 0 Å². The van der Waals surface area contributed by atoms with Crippen LogP contribution >= 0.6 is 0 Å². The van der Waals surface area contributed by atoms with Crippen LogP contribution in [0.1, 0.15) is 64.3 Å². The Hall–Kier alpha value is -3.14. The van der Waals surface area contributed by atoms with Gasteiger partial charge < -0.3 is 8.83 Å². The fourth-order valence-electron chi connectivity index (χ4n) is 2.45. The first-order valence-corrected chi connectivity index (χ1v) is 10.8. The van der Waals surface area contributed by atoms with E-state index < -0.39 is 0 Å². The van der Waals surface area contributed by atoms with Crippen molar-refractivity contribution in [2.75, 3.05) is 0 Å². The molecule has 0 radical (unpaired) electrons. The Labute approximate surface area is 193 Å². The molecule has 172 valence electrons. The Morgan fingerprint density at radius 2 is 1.12 bits per heavy atom. The van der Waals surface area contributed by atoms with E-state index in [0.717, 1.165) is 11.7 Å². The number of nitrogens with zero attached hydrogens (tertiary/aromatic N) is 2. The molecule has 0 aliphatic heterocycles. The molecule has 0 saturated heterocycles. The van der Waals surface area contributed by atoms with Crippen molar-refractivity contribution < 1.29 is 8.83 Å². The molecule has 4 nitrogen and oxygen atoms in total. The Bertz CT molecular complexity index is 851. The van der Waals surface area contributed by atoms with Gasteiger partial charge in [-0.15, -0.1) is 0 Å². The van der Waals surface area contributed by atoms with Crippen molar-refractivity contribution in [2.45, 2.75) is 66.2 Å². The van der Waals surface area contributed by atoms with Gasteiger partial charge in [-0.2, -0.15) is 0 Å². The number of hydrogen-bond donors (Lipinski definition) is 0. The molecule has 0 bridgehead atoms. The molecule has 4 rings (SSSR count). The molecule has 32 heavy (non-hydrogen) atoms. The molecule has 0 aliphatic rings. The van der Waals surface area contributed by atoms with Crippen molar-refractivity contribution in [1.29, 1.82) is 0 Å². The van der Waals surface area contributed by atoms with Gasteiger partial charge in [0.25, 0.3) is 0 Å². The number of hydrogen-bond acceptors (Lipinski definition) is 4. The third-order valence-electron chi connectivity index (χ3n) is 4.39. The van der Waals surface area contributed by atoms with Gasteiger partial charge in [0.1, 0.15) is 12.0 Å². The molecule has 0 spiro atoms. The molecule has 0 saturated carbocycles. The zero-order valence-corrected chi connectivity index (χ0v) is 20.8. The quantitative estimate of drug-likeness (QED) is 0.282. The summed E-state index contributed by atoms with van der Waals surface area (Å²) < 4.78 is 9.44. The lowest BCUT2D eigenvalue weighted by molar-refractivity contribution is 0.521. The highest BCUT2D eigenvalue weighted by atomic mass is 16.3. The lowest BCUT2D eigenvalue weighted by Crippen LogP contribution is -2.10. The molecule has 0 fully saturated rings. The average molecular weight is 435 g/mol. The first-order valence-electron chi connectivity index (χ1n) is 10.8. The van der Waals surface area contributed by atoms with Crippen LogP contribution < -0.4 is 0 Å². The van der Waals surface area contributed by atoms with Crippen LogP contribution in [0.4, 0.5) is 0 Å². The van der Waals surface area contributed by atoms with Gasteiger partial charge in [0.05, 0.1) is 12.4 Å². The molecule has 0 N–H and O–H groups in total. The second-order valence-corrected chi connectivity index (χ2v) is 9.40. The highest BCUT2D eigenvalue weighted by Crippen LogP contribution is 2.21. The Kier molecular flexibility index (Phi) is 11.2. The van der Waals surface area contributed by atoms with Crippen LogP contribution in [-0.4, -0.2) is 9.97 Å². The predicted molar refractivity (Wildman–Crippen MR) is 133 cm³/mol. The Morgan fingerprint density at radius 1 is 0.656 bits per heavy atom. The second kappa shape index (κ2) is 13.3. The standard InChI is InChI=1S/2C10H14.2C4H5NO/c2*1-10(2,3)9-7-5-4-6-8-9;1-4-2-5-3-6-4;1-4-5-2-3-6-4/h2*4-8H,1-3H3;2*2-3H,1H3. The van der Waals surface area contributed by atoms with Crippen LogP contribution in [0.3, 0.4) is 0 Å². The Morgan fingerprint density at radius 3 is 1.28 bits per heavy atom. The summed E-state index contributed by atoms with van der Waals surface area (Å²) in [7, 11) is 0. The summed E-state index contributed by atoms with van der Waals surface area (Å²) >= 11 is 0. The number of oxazole rings is 2. The number of benzene rings is 2. The van der Waals surface area contributed by atoms with Crippen molar-refractivity contribution in [3.63, 3.8) is 0 Å². The molecule has 4 heteroatoms. The normalized spacial score (nSPS) is 10.5. The zero-order chi connectivity index (χ0) is 24.0. The van der Waals surface area contributed by atoms with Crippen LogP contribution in [0.25, 0.3) is 0 Å². The fraction of sp³-hybridized carbons (Fsp3) is 0.357. The van der Waals surface area contributed by atoms with E-state index in [-0.39, 0.29) is 0 Å². The zero-order valence-electron chi connectivity index (χ0n) is 20.8. The summed E-state index contributed by atoms with van der Waals surface area (Å²) in [5.41, 5.74) is 3.38. The van der Waals surface area contributed by atoms with Gasteiger partial charge in [0.15, 0.2) is 12.3 Å². The maximum Gasteiger partial charge on any atom is 0.190 e. The summed E-state index contributed by atoms with van der Waals surface area (Å²) in [6, 6.07) is 21.1. The summed E-state index contributed by atoms with van der Waals surface area (Å²) in [5.74, 6) is 1.57. The van der Waals surface area contributed by atoms with E-state index in [1.165, 1.54) is 17.5 Å². The second-order valence-electron chi connectivity index (χ2n) is 9.40. The van der Waals surface area contributed by atoms with Crippen molar-refractivity contribution in [3.8, 4) is 0 Å². The lowest BCUT2D eigenvalue weighted by Gasteiger charge is -2.18. The highest BCUT2D eigenvalue weighted by molar-refractivity contribution is 5.22. The predicted octanol–water partition coefficient (Wildman–Crippen LogP) is 7.93. The molecule has 2 heterocycles. The van der Waals surface area contributed by atoms with Crippen molar-refractivity contribution >= 4 is 0 Å². The monoisotopic (exact) mass is 434 g/mol. The van der Waals surface area contributed by atoms with Crippen LogP contribution in [-0.2, 0) is 10.8 Å². The number of aromatic nitrogens is 2. The molecule has 2 aromatic heterocycles. The smallest absolute Gasteiger partial charge is 0.190 e. The summed E-state index contributed by atoms with van der Waals surface area (Å²) in [5, 5.41) is 0. The van der Waals surface area contributed by atoms with E-state index in [2.05, 4.69) is 112 Å². The first-order chi connectivity index (χ1) is 15.0. The van der Waals surface area contributed by atoms with Gasteiger partial charge in [0.2, 0.25) is 0 Å². The van der Waals surface area contributed by atoms with Gasteiger partial charge in [0, 0.05) is 6.92 Å². The highest BCUT2D eigenvalue weighted by Gasteiger charge is 2.12. The third-order valence-corrected chi connectivity index (χ3v) is 4.39. The van der Waals surface area contributed by atoms with Crippen molar-refractivity contribution in [1.82, 2.24) is 9.97 Å². The molecule has 4 aromatic rings. The fourth-order valence-corrected chi connectivity index (χ4v) is 2.45. The number of aryl methyl sites for hydroxylation is 2. The van der Waals surface area contributed by atoms with Crippen molar-refractivity contribution in [2.24, 2.45) is 0 Å². The summed E-state index contributed by atoms with van der Waals surface area (Å²) in [6.45, 7) is 17.0. The SMILES string of the molecule is CC(C)(C)c1ccccc1.CC(C)(C)c1ccccc1.Cc1cnco1.Cc1ncco1. The third kappa shape index (κ3) is 11.9. The van der Waals surface area contributed by atoms with E-state index in [1.807, 2.05) is 6.92 Å². The minimum absolute atomic E-state index is 0.293. The largest absolute Gasteiger partial charge is 0.449 e. The lowest BCUT2D eigenvalue weighted by atomic mass is 9.87. The first kappa shape index (κ1) is 26.9. The summed E-state index contributed by atoms with van der Waals surface area (Å²) in [4.78, 5) is 7.41. The van der Waals surface area contributed by atoms with Crippen LogP contribution in [0, 0.1) is 13.8 Å². The van der Waals surface area contributed by atoms with Crippen LogP contribution in [0.5, 0.6) is 0 Å². The Balaban J connectivity index is 0.000000219. The minimum atomic E-state index is 0.293. The van der Waals surface area contributed by atoms with Gasteiger partial charge in [-0.1, -0.05) is 102 Å². The molecule has 2 aromatic carbocycles. The van der Waals surface area contributed by atoms with Gasteiger partial charge in [-0.3, -0.25) is 0 Å².